The summed E-state index contributed by atoms with van der Waals surface area (Å²) in [5.74, 6) is -2.94. The van der Waals surface area contributed by atoms with E-state index >= 15 is 0 Å². The molecule has 0 radical (unpaired) electrons. The molecule has 15 heavy (non-hydrogen) atoms. The smallest absolute Gasteiger partial charge is 0.292 e. The maximum atomic E-state index is 13.4. The first kappa shape index (κ1) is 10.0. The lowest BCUT2D eigenvalue weighted by atomic mass is 10.2. The number of imidazole rings is 1. The monoisotopic (exact) mass is 211 g/mol. The molecule has 5 heteroatoms. The summed E-state index contributed by atoms with van der Waals surface area (Å²) in [5, 5.41) is 0. The van der Waals surface area contributed by atoms with E-state index in [1.807, 2.05) is 0 Å². The molecule has 2 heterocycles. The zero-order chi connectivity index (χ0) is 10.9. The lowest BCUT2D eigenvalue weighted by molar-refractivity contribution is -0.0146. The number of halogens is 2. The fourth-order valence-corrected chi connectivity index (χ4v) is 1.42. The number of pyridine rings is 1. The lowest BCUT2D eigenvalue weighted by Gasteiger charge is -2.11. The minimum absolute atomic E-state index is 0.0547. The molecule has 0 unspecified atom stereocenters. The van der Waals surface area contributed by atoms with Crippen molar-refractivity contribution in [3.8, 4) is 0 Å². The van der Waals surface area contributed by atoms with Crippen LogP contribution in [-0.2, 0) is 5.92 Å². The van der Waals surface area contributed by atoms with Crippen LogP contribution in [0.25, 0.3) is 5.65 Å². The molecule has 0 aliphatic rings. The molecule has 2 aromatic heterocycles. The lowest BCUT2D eigenvalue weighted by Crippen LogP contribution is -2.18. The second kappa shape index (κ2) is 3.58. The molecular weight excluding hydrogens is 200 g/mol. The summed E-state index contributed by atoms with van der Waals surface area (Å²) in [7, 11) is 0. The Balaban J connectivity index is 2.44. The third-order valence-corrected chi connectivity index (χ3v) is 2.20. The summed E-state index contributed by atoms with van der Waals surface area (Å²) >= 11 is 0. The van der Waals surface area contributed by atoms with Crippen LogP contribution in [0.4, 0.5) is 8.78 Å². The van der Waals surface area contributed by atoms with Crippen molar-refractivity contribution in [3.05, 3.63) is 36.3 Å². The standard InChI is InChI=1S/C10H11F2N3/c11-10(12,4-5-13)8-7-15-6-2-1-3-9(15)14-8/h1-3,6-7H,4-5,13H2. The molecule has 0 aromatic carbocycles. The first-order valence-electron chi connectivity index (χ1n) is 4.65. The summed E-state index contributed by atoms with van der Waals surface area (Å²) in [5.41, 5.74) is 5.43. The molecule has 0 amide bonds. The molecule has 0 saturated heterocycles. The van der Waals surface area contributed by atoms with E-state index in [2.05, 4.69) is 4.98 Å². The van der Waals surface area contributed by atoms with E-state index in [9.17, 15) is 8.78 Å². The molecule has 2 rings (SSSR count). The summed E-state index contributed by atoms with van der Waals surface area (Å²) in [6.07, 6.45) is 2.65. The largest absolute Gasteiger partial charge is 0.330 e. The number of nitrogens with zero attached hydrogens (tertiary/aromatic N) is 2. The highest BCUT2D eigenvalue weighted by Crippen LogP contribution is 2.30. The third-order valence-electron chi connectivity index (χ3n) is 2.20. The molecule has 3 nitrogen and oxygen atoms in total. The highest BCUT2D eigenvalue weighted by atomic mass is 19.3. The number of nitrogens with two attached hydrogens (primary N) is 1. The van der Waals surface area contributed by atoms with E-state index in [4.69, 9.17) is 5.73 Å². The Hall–Kier alpha value is -1.49. The highest BCUT2D eigenvalue weighted by molar-refractivity contribution is 5.40. The van der Waals surface area contributed by atoms with E-state index in [0.29, 0.717) is 5.65 Å². The molecule has 0 aliphatic carbocycles. The molecule has 0 atom stereocenters. The van der Waals surface area contributed by atoms with E-state index < -0.39 is 5.92 Å². The number of aromatic nitrogens is 2. The van der Waals surface area contributed by atoms with Gasteiger partial charge in [0.05, 0.1) is 0 Å². The summed E-state index contributed by atoms with van der Waals surface area (Å²) in [6, 6.07) is 5.20. The maximum absolute atomic E-state index is 13.4. The van der Waals surface area contributed by atoms with Gasteiger partial charge < -0.3 is 10.1 Å². The van der Waals surface area contributed by atoms with Crippen molar-refractivity contribution in [1.82, 2.24) is 9.38 Å². The zero-order valence-electron chi connectivity index (χ0n) is 8.03. The Morgan fingerprint density at radius 1 is 1.40 bits per heavy atom. The molecule has 2 aromatic rings. The van der Waals surface area contributed by atoms with Gasteiger partial charge in [0.1, 0.15) is 11.3 Å². The predicted molar refractivity (Wildman–Crippen MR) is 52.8 cm³/mol. The van der Waals surface area contributed by atoms with Crippen molar-refractivity contribution in [2.45, 2.75) is 12.3 Å². The molecule has 0 fully saturated rings. The number of rotatable bonds is 3. The minimum atomic E-state index is -2.94. The van der Waals surface area contributed by atoms with Crippen molar-refractivity contribution in [1.29, 1.82) is 0 Å². The molecule has 0 spiro atoms. The molecule has 0 aliphatic heterocycles. The molecular formula is C10H11F2N3. The number of fused-ring (bicyclic) bond motifs is 1. The van der Waals surface area contributed by atoms with Gasteiger partial charge >= 0.3 is 0 Å². The van der Waals surface area contributed by atoms with Crippen LogP contribution in [-0.4, -0.2) is 15.9 Å². The molecule has 80 valence electrons. The van der Waals surface area contributed by atoms with E-state index in [0.717, 1.165) is 0 Å². The van der Waals surface area contributed by atoms with Gasteiger partial charge in [0.15, 0.2) is 0 Å². The van der Waals surface area contributed by atoms with Crippen LogP contribution < -0.4 is 5.73 Å². The second-order valence-electron chi connectivity index (χ2n) is 3.34. The Bertz CT molecular complexity index is 431. The van der Waals surface area contributed by atoms with Gasteiger partial charge in [-0.05, 0) is 18.7 Å². The van der Waals surface area contributed by atoms with Crippen molar-refractivity contribution >= 4 is 5.65 Å². The first-order chi connectivity index (χ1) is 7.13. The number of hydrogen-bond donors (Lipinski definition) is 1. The van der Waals surface area contributed by atoms with Crippen LogP contribution in [0.1, 0.15) is 12.1 Å². The first-order valence-corrected chi connectivity index (χ1v) is 4.65. The normalized spacial score (nSPS) is 12.2. The predicted octanol–water partition coefficient (Wildman–Crippen LogP) is 1.77. The highest BCUT2D eigenvalue weighted by Gasteiger charge is 2.33. The van der Waals surface area contributed by atoms with E-state index in [1.165, 1.54) is 6.20 Å². The SMILES string of the molecule is NCCC(F)(F)c1cn2ccccc2n1. The van der Waals surface area contributed by atoms with Crippen LogP contribution in [0.15, 0.2) is 30.6 Å². The van der Waals surface area contributed by atoms with Crippen LogP contribution in [0.2, 0.25) is 0 Å². The maximum Gasteiger partial charge on any atom is 0.292 e. The van der Waals surface area contributed by atoms with Gasteiger partial charge in [-0.25, -0.2) is 4.98 Å². The van der Waals surface area contributed by atoms with Crippen molar-refractivity contribution in [2.24, 2.45) is 5.73 Å². The van der Waals surface area contributed by atoms with Gasteiger partial charge in [-0.2, -0.15) is 8.78 Å². The van der Waals surface area contributed by atoms with Crippen molar-refractivity contribution in [2.75, 3.05) is 6.54 Å². The number of alkyl halides is 2. The van der Waals surface area contributed by atoms with Crippen molar-refractivity contribution < 1.29 is 8.78 Å². The van der Waals surface area contributed by atoms with Gasteiger partial charge in [0.2, 0.25) is 0 Å². The molecule has 2 N–H and O–H groups in total. The molecule has 0 bridgehead atoms. The Morgan fingerprint density at radius 3 is 2.87 bits per heavy atom. The average molecular weight is 211 g/mol. The van der Waals surface area contributed by atoms with Gasteiger partial charge in [0.25, 0.3) is 5.92 Å². The minimum Gasteiger partial charge on any atom is -0.330 e. The van der Waals surface area contributed by atoms with Crippen molar-refractivity contribution in [3.63, 3.8) is 0 Å². The summed E-state index contributed by atoms with van der Waals surface area (Å²) in [6.45, 7) is -0.0547. The summed E-state index contributed by atoms with van der Waals surface area (Å²) in [4.78, 5) is 3.86. The van der Waals surface area contributed by atoms with Gasteiger partial charge in [-0.1, -0.05) is 6.07 Å². The number of hydrogen-bond acceptors (Lipinski definition) is 2. The molecule has 0 saturated carbocycles. The zero-order valence-corrected chi connectivity index (χ0v) is 8.03. The fourth-order valence-electron chi connectivity index (χ4n) is 1.42. The Labute approximate surface area is 85.5 Å². The quantitative estimate of drug-likeness (QED) is 0.840. The second-order valence-corrected chi connectivity index (χ2v) is 3.34. The van der Waals surface area contributed by atoms with E-state index in [1.54, 1.807) is 28.8 Å². The van der Waals surface area contributed by atoms with Gasteiger partial charge in [-0.3, -0.25) is 0 Å². The topological polar surface area (TPSA) is 43.3 Å². The van der Waals surface area contributed by atoms with Crippen LogP contribution in [0.3, 0.4) is 0 Å². The third kappa shape index (κ3) is 1.83. The van der Waals surface area contributed by atoms with Crippen LogP contribution in [0.5, 0.6) is 0 Å². The van der Waals surface area contributed by atoms with Gasteiger partial charge in [-0.15, -0.1) is 0 Å². The van der Waals surface area contributed by atoms with Crippen LogP contribution in [0, 0.1) is 0 Å². The van der Waals surface area contributed by atoms with E-state index in [-0.39, 0.29) is 18.7 Å². The van der Waals surface area contributed by atoms with Crippen LogP contribution >= 0.6 is 0 Å². The average Bonchev–Trinajstić information content (AvgIpc) is 2.61. The van der Waals surface area contributed by atoms with Gasteiger partial charge in [0, 0.05) is 18.8 Å². The summed E-state index contributed by atoms with van der Waals surface area (Å²) < 4.78 is 28.4. The Kier molecular flexibility index (Phi) is 2.40. The Morgan fingerprint density at radius 2 is 2.20 bits per heavy atom. The fraction of sp³-hybridized carbons (Fsp3) is 0.300.